The lowest BCUT2D eigenvalue weighted by molar-refractivity contribution is 0.282. The van der Waals surface area contributed by atoms with Crippen molar-refractivity contribution < 1.29 is 9.84 Å². The highest BCUT2D eigenvalue weighted by Gasteiger charge is 2.20. The highest BCUT2D eigenvalue weighted by Crippen LogP contribution is 2.18. The van der Waals surface area contributed by atoms with Gasteiger partial charge < -0.3 is 9.84 Å². The van der Waals surface area contributed by atoms with Crippen LogP contribution in [-0.4, -0.2) is 24.4 Å². The first-order valence-corrected chi connectivity index (χ1v) is 8.66. The lowest BCUT2D eigenvalue weighted by Crippen LogP contribution is -1.86. The molecule has 0 bridgehead atoms. The van der Waals surface area contributed by atoms with E-state index < -0.39 is 0 Å². The predicted molar refractivity (Wildman–Crippen MR) is 81.5 cm³/mol. The van der Waals surface area contributed by atoms with Gasteiger partial charge in [0.25, 0.3) is 0 Å². The van der Waals surface area contributed by atoms with Gasteiger partial charge in [-0.3, -0.25) is 0 Å². The number of epoxide rings is 1. The van der Waals surface area contributed by atoms with Crippen LogP contribution in [0.5, 0.6) is 0 Å². The smallest absolute Gasteiger partial charge is 0.0810 e. The van der Waals surface area contributed by atoms with Gasteiger partial charge in [-0.1, -0.05) is 77.0 Å². The molecule has 19 heavy (non-hydrogen) atoms. The van der Waals surface area contributed by atoms with Gasteiger partial charge in [-0.05, 0) is 12.8 Å². The SMILES string of the molecule is OCCCCCCCCCCCCCCCC1CO1. The molecule has 0 aromatic carbocycles. The molecule has 1 aliphatic rings. The highest BCUT2D eigenvalue weighted by atomic mass is 16.6. The third-order valence-electron chi connectivity index (χ3n) is 4.09. The van der Waals surface area contributed by atoms with Crippen molar-refractivity contribution in [3.05, 3.63) is 0 Å². The van der Waals surface area contributed by atoms with Gasteiger partial charge in [0.1, 0.15) is 0 Å². The van der Waals surface area contributed by atoms with E-state index in [1.54, 1.807) is 0 Å². The van der Waals surface area contributed by atoms with Crippen molar-refractivity contribution in [2.24, 2.45) is 0 Å². The van der Waals surface area contributed by atoms with Crippen LogP contribution in [0, 0.1) is 0 Å². The van der Waals surface area contributed by atoms with Crippen LogP contribution in [0.15, 0.2) is 0 Å². The molecule has 1 N–H and O–H groups in total. The first-order valence-electron chi connectivity index (χ1n) is 8.66. The van der Waals surface area contributed by atoms with Crippen molar-refractivity contribution >= 4 is 0 Å². The third-order valence-corrected chi connectivity index (χ3v) is 4.09. The Morgan fingerprint density at radius 2 is 1.00 bits per heavy atom. The van der Waals surface area contributed by atoms with E-state index in [9.17, 15) is 0 Å². The van der Waals surface area contributed by atoms with Gasteiger partial charge in [0.2, 0.25) is 0 Å². The van der Waals surface area contributed by atoms with Gasteiger partial charge >= 0.3 is 0 Å². The summed E-state index contributed by atoms with van der Waals surface area (Å²) in [5.74, 6) is 0. The van der Waals surface area contributed by atoms with E-state index in [2.05, 4.69) is 0 Å². The highest BCUT2D eigenvalue weighted by molar-refractivity contribution is 4.68. The second kappa shape index (κ2) is 12.9. The van der Waals surface area contributed by atoms with Crippen LogP contribution < -0.4 is 0 Å². The molecule has 0 saturated carbocycles. The van der Waals surface area contributed by atoms with E-state index in [0.717, 1.165) is 13.0 Å². The fraction of sp³-hybridized carbons (Fsp3) is 1.00. The summed E-state index contributed by atoms with van der Waals surface area (Å²) in [6, 6.07) is 0. The number of unbranched alkanes of at least 4 members (excludes halogenated alkanes) is 12. The second-order valence-corrected chi connectivity index (χ2v) is 6.06. The minimum absolute atomic E-state index is 0.369. The van der Waals surface area contributed by atoms with Crippen molar-refractivity contribution in [1.29, 1.82) is 0 Å². The molecule has 2 nitrogen and oxygen atoms in total. The minimum Gasteiger partial charge on any atom is -0.396 e. The van der Waals surface area contributed by atoms with E-state index in [4.69, 9.17) is 9.84 Å². The molecular formula is C17H34O2. The normalized spacial score (nSPS) is 17.8. The van der Waals surface area contributed by atoms with Gasteiger partial charge in [-0.2, -0.15) is 0 Å². The van der Waals surface area contributed by atoms with Crippen molar-refractivity contribution in [2.45, 2.75) is 96.0 Å². The van der Waals surface area contributed by atoms with Gasteiger partial charge in [0.05, 0.1) is 12.7 Å². The Balaban J connectivity index is 1.60. The Bertz CT molecular complexity index is 178. The summed E-state index contributed by atoms with van der Waals surface area (Å²) in [4.78, 5) is 0. The minimum atomic E-state index is 0.369. The summed E-state index contributed by atoms with van der Waals surface area (Å²) in [6.45, 7) is 1.40. The Hall–Kier alpha value is -0.0800. The fourth-order valence-corrected chi connectivity index (χ4v) is 2.66. The van der Waals surface area contributed by atoms with E-state index in [-0.39, 0.29) is 0 Å². The van der Waals surface area contributed by atoms with Gasteiger partial charge in [0.15, 0.2) is 0 Å². The maximum absolute atomic E-state index is 8.67. The molecule has 1 aliphatic heterocycles. The van der Waals surface area contributed by atoms with E-state index in [1.807, 2.05) is 0 Å². The summed E-state index contributed by atoms with van der Waals surface area (Å²) >= 11 is 0. The summed E-state index contributed by atoms with van der Waals surface area (Å²) in [5.41, 5.74) is 0. The van der Waals surface area contributed by atoms with Crippen molar-refractivity contribution in [1.82, 2.24) is 0 Å². The molecule has 1 fully saturated rings. The molecule has 0 spiro atoms. The molecule has 1 saturated heterocycles. The molecular weight excluding hydrogens is 236 g/mol. The van der Waals surface area contributed by atoms with Gasteiger partial charge in [0, 0.05) is 6.61 Å². The molecule has 114 valence electrons. The quantitative estimate of drug-likeness (QED) is 0.341. The molecule has 0 aromatic rings. The van der Waals surface area contributed by atoms with Crippen LogP contribution in [0.25, 0.3) is 0 Å². The Morgan fingerprint density at radius 3 is 1.37 bits per heavy atom. The lowest BCUT2D eigenvalue weighted by atomic mass is 10.0. The largest absolute Gasteiger partial charge is 0.396 e. The standard InChI is InChI=1S/C17H34O2/c18-15-13-11-9-7-5-3-1-2-4-6-8-10-12-14-17-16-19-17/h17-18H,1-16H2. The number of hydrogen-bond acceptors (Lipinski definition) is 2. The summed E-state index contributed by atoms with van der Waals surface area (Å²) in [5, 5.41) is 8.67. The average molecular weight is 270 g/mol. The van der Waals surface area contributed by atoms with E-state index in [1.165, 1.54) is 83.5 Å². The number of rotatable bonds is 15. The van der Waals surface area contributed by atoms with Gasteiger partial charge in [-0.25, -0.2) is 0 Å². The topological polar surface area (TPSA) is 32.8 Å². The molecule has 1 unspecified atom stereocenters. The molecule has 0 aliphatic carbocycles. The first kappa shape index (κ1) is 17.0. The zero-order valence-corrected chi connectivity index (χ0v) is 12.7. The molecule has 2 heteroatoms. The van der Waals surface area contributed by atoms with Crippen molar-refractivity contribution in [3.8, 4) is 0 Å². The Kier molecular flexibility index (Phi) is 11.5. The second-order valence-electron chi connectivity index (χ2n) is 6.06. The number of hydrogen-bond donors (Lipinski definition) is 1. The summed E-state index contributed by atoms with van der Waals surface area (Å²) in [7, 11) is 0. The monoisotopic (exact) mass is 270 g/mol. The van der Waals surface area contributed by atoms with Crippen LogP contribution in [0.2, 0.25) is 0 Å². The lowest BCUT2D eigenvalue weighted by Gasteiger charge is -2.02. The summed E-state index contributed by atoms with van der Waals surface area (Å²) in [6.07, 6.45) is 19.6. The summed E-state index contributed by atoms with van der Waals surface area (Å²) < 4.78 is 5.21. The van der Waals surface area contributed by atoms with Gasteiger partial charge in [-0.15, -0.1) is 0 Å². The van der Waals surface area contributed by atoms with Crippen LogP contribution in [0.3, 0.4) is 0 Å². The zero-order chi connectivity index (χ0) is 13.6. The van der Waals surface area contributed by atoms with E-state index >= 15 is 0 Å². The fourth-order valence-electron chi connectivity index (χ4n) is 2.66. The van der Waals surface area contributed by atoms with Crippen LogP contribution in [0.4, 0.5) is 0 Å². The first-order chi connectivity index (χ1) is 9.43. The maximum atomic E-state index is 8.67. The Morgan fingerprint density at radius 1 is 0.632 bits per heavy atom. The van der Waals surface area contributed by atoms with Crippen LogP contribution >= 0.6 is 0 Å². The predicted octanol–water partition coefficient (Wildman–Crippen LogP) is 4.84. The maximum Gasteiger partial charge on any atom is 0.0810 e. The Labute approximate surface area is 119 Å². The molecule has 0 amide bonds. The molecule has 1 heterocycles. The molecule has 1 rings (SSSR count). The third kappa shape index (κ3) is 12.7. The number of aliphatic hydroxyl groups is 1. The van der Waals surface area contributed by atoms with E-state index in [0.29, 0.717) is 12.7 Å². The molecule has 1 atom stereocenters. The zero-order valence-electron chi connectivity index (χ0n) is 12.7. The molecule has 0 radical (unpaired) electrons. The van der Waals surface area contributed by atoms with Crippen molar-refractivity contribution in [2.75, 3.05) is 13.2 Å². The van der Waals surface area contributed by atoms with Crippen LogP contribution in [0.1, 0.15) is 89.9 Å². The number of aliphatic hydroxyl groups excluding tert-OH is 1. The van der Waals surface area contributed by atoms with Crippen molar-refractivity contribution in [3.63, 3.8) is 0 Å². The van der Waals surface area contributed by atoms with Crippen LogP contribution in [-0.2, 0) is 4.74 Å². The molecule has 0 aromatic heterocycles. The average Bonchev–Trinajstić information content (AvgIpc) is 3.23. The number of ether oxygens (including phenoxy) is 1.